The lowest BCUT2D eigenvalue weighted by Gasteiger charge is -2.29. The zero-order chi connectivity index (χ0) is 13.9. The topological polar surface area (TPSA) is 50.2 Å². The normalized spacial score (nSPS) is 20.1. The van der Waals surface area contributed by atoms with Crippen LogP contribution in [0.2, 0.25) is 0 Å². The Labute approximate surface area is 120 Å². The van der Waals surface area contributed by atoms with E-state index in [2.05, 4.69) is 22.1 Å². The first-order chi connectivity index (χ1) is 9.79. The summed E-state index contributed by atoms with van der Waals surface area (Å²) in [6.07, 6.45) is 8.26. The fourth-order valence-electron chi connectivity index (χ4n) is 3.01. The van der Waals surface area contributed by atoms with E-state index < -0.39 is 0 Å². The van der Waals surface area contributed by atoms with Gasteiger partial charge in [0.1, 0.15) is 0 Å². The van der Waals surface area contributed by atoms with E-state index in [9.17, 15) is 4.79 Å². The average molecular weight is 276 g/mol. The van der Waals surface area contributed by atoms with Crippen molar-refractivity contribution in [2.24, 2.45) is 5.92 Å². The highest BCUT2D eigenvalue weighted by molar-refractivity contribution is 5.35. The summed E-state index contributed by atoms with van der Waals surface area (Å²) < 4.78 is 1.87. The fraction of sp³-hybridized carbons (Fsp3) is 0.733. The quantitative estimate of drug-likeness (QED) is 0.883. The van der Waals surface area contributed by atoms with Gasteiger partial charge in [0, 0.05) is 31.5 Å². The third-order valence-corrected chi connectivity index (χ3v) is 4.41. The lowest BCUT2D eigenvalue weighted by molar-refractivity contribution is 0.373. The lowest BCUT2D eigenvalue weighted by atomic mass is 9.97. The van der Waals surface area contributed by atoms with Crippen molar-refractivity contribution in [3.63, 3.8) is 0 Å². The van der Waals surface area contributed by atoms with Crippen molar-refractivity contribution in [1.82, 2.24) is 14.9 Å². The van der Waals surface area contributed by atoms with E-state index in [-0.39, 0.29) is 5.56 Å². The summed E-state index contributed by atoms with van der Waals surface area (Å²) in [5.74, 6) is 1.31. The van der Waals surface area contributed by atoms with Crippen LogP contribution in [-0.2, 0) is 0 Å². The Morgan fingerprint density at radius 1 is 1.35 bits per heavy atom. The maximum Gasteiger partial charge on any atom is 0.293 e. The summed E-state index contributed by atoms with van der Waals surface area (Å²) in [5.41, 5.74) is 0.0887. The largest absolute Gasteiger partial charge is 0.352 e. The number of hydrogen-bond donors (Lipinski definition) is 1. The third-order valence-electron chi connectivity index (χ3n) is 4.41. The maximum atomic E-state index is 12.5. The van der Waals surface area contributed by atoms with Crippen LogP contribution in [-0.4, -0.2) is 35.7 Å². The molecule has 1 aromatic rings. The summed E-state index contributed by atoms with van der Waals surface area (Å²) in [4.78, 5) is 19.1. The number of anilines is 1. The van der Waals surface area contributed by atoms with Gasteiger partial charge in [0.05, 0.1) is 0 Å². The molecule has 0 aromatic carbocycles. The van der Waals surface area contributed by atoms with Crippen molar-refractivity contribution >= 4 is 5.82 Å². The first-order valence-corrected chi connectivity index (χ1v) is 7.82. The molecular weight excluding hydrogens is 252 g/mol. The number of nitrogens with zero attached hydrogens (tertiary/aromatic N) is 3. The molecule has 1 aliphatic heterocycles. The van der Waals surface area contributed by atoms with Crippen LogP contribution in [0.4, 0.5) is 5.82 Å². The molecule has 2 aliphatic rings. The highest BCUT2D eigenvalue weighted by Crippen LogP contribution is 2.33. The van der Waals surface area contributed by atoms with E-state index >= 15 is 0 Å². The molecule has 1 aliphatic carbocycles. The molecule has 3 rings (SSSR count). The Hall–Kier alpha value is -1.36. The van der Waals surface area contributed by atoms with E-state index in [1.54, 1.807) is 6.20 Å². The van der Waals surface area contributed by atoms with Crippen LogP contribution in [0.1, 0.15) is 38.6 Å². The molecule has 0 atom stereocenters. The second kappa shape index (κ2) is 5.95. The van der Waals surface area contributed by atoms with E-state index in [1.165, 1.54) is 12.8 Å². The predicted molar refractivity (Wildman–Crippen MR) is 80.2 cm³/mol. The molecule has 20 heavy (non-hydrogen) atoms. The second-order valence-electron chi connectivity index (χ2n) is 5.93. The minimum absolute atomic E-state index is 0.0887. The van der Waals surface area contributed by atoms with Gasteiger partial charge in [-0.1, -0.05) is 0 Å². The van der Waals surface area contributed by atoms with E-state index in [4.69, 9.17) is 0 Å². The molecular formula is C15H24N4O. The van der Waals surface area contributed by atoms with Crippen molar-refractivity contribution in [2.45, 2.75) is 38.6 Å². The van der Waals surface area contributed by atoms with Crippen LogP contribution in [0.15, 0.2) is 17.2 Å². The van der Waals surface area contributed by atoms with Gasteiger partial charge in [0.2, 0.25) is 0 Å². The highest BCUT2D eigenvalue weighted by atomic mass is 16.1. The Morgan fingerprint density at radius 3 is 2.75 bits per heavy atom. The molecule has 0 bridgehead atoms. The first-order valence-electron chi connectivity index (χ1n) is 7.82. The van der Waals surface area contributed by atoms with Crippen LogP contribution in [0.3, 0.4) is 0 Å². The summed E-state index contributed by atoms with van der Waals surface area (Å²) in [5, 5.41) is 3.39. The van der Waals surface area contributed by atoms with Gasteiger partial charge < -0.3 is 14.8 Å². The van der Waals surface area contributed by atoms with Crippen LogP contribution in [0.25, 0.3) is 0 Å². The SMILES string of the molecule is CCN(CC1CCNCC1)c1nccn(C2CC2)c1=O. The zero-order valence-corrected chi connectivity index (χ0v) is 12.2. The minimum atomic E-state index is 0.0887. The Kier molecular flexibility index (Phi) is 4.05. The number of aromatic nitrogens is 2. The summed E-state index contributed by atoms with van der Waals surface area (Å²) in [6, 6.07) is 0.418. The molecule has 1 saturated heterocycles. The van der Waals surface area contributed by atoms with Gasteiger partial charge in [0.15, 0.2) is 5.82 Å². The van der Waals surface area contributed by atoms with Crippen LogP contribution >= 0.6 is 0 Å². The monoisotopic (exact) mass is 276 g/mol. The summed E-state index contributed by atoms with van der Waals surface area (Å²) in [7, 11) is 0. The molecule has 5 heteroatoms. The Bertz CT molecular complexity index is 503. The van der Waals surface area contributed by atoms with Crippen molar-refractivity contribution < 1.29 is 0 Å². The summed E-state index contributed by atoms with van der Waals surface area (Å²) in [6.45, 7) is 6.10. The van der Waals surface area contributed by atoms with Gasteiger partial charge in [-0.05, 0) is 51.6 Å². The zero-order valence-electron chi connectivity index (χ0n) is 12.2. The Balaban J connectivity index is 1.78. The maximum absolute atomic E-state index is 12.5. The minimum Gasteiger partial charge on any atom is -0.352 e. The van der Waals surface area contributed by atoms with Gasteiger partial charge in [-0.2, -0.15) is 0 Å². The van der Waals surface area contributed by atoms with E-state index in [1.807, 2.05) is 10.8 Å². The van der Waals surface area contributed by atoms with Gasteiger partial charge in [-0.3, -0.25) is 4.79 Å². The molecule has 2 heterocycles. The highest BCUT2D eigenvalue weighted by Gasteiger charge is 2.26. The average Bonchev–Trinajstić information content (AvgIpc) is 3.31. The molecule has 0 spiro atoms. The van der Waals surface area contributed by atoms with Crippen molar-refractivity contribution in [1.29, 1.82) is 0 Å². The number of piperidine rings is 1. The lowest BCUT2D eigenvalue weighted by Crippen LogP contribution is -2.39. The third kappa shape index (κ3) is 2.87. The molecule has 5 nitrogen and oxygen atoms in total. The molecule has 1 aromatic heterocycles. The van der Waals surface area contributed by atoms with Gasteiger partial charge in [-0.25, -0.2) is 4.98 Å². The Morgan fingerprint density at radius 2 is 2.10 bits per heavy atom. The van der Waals surface area contributed by atoms with Crippen molar-refractivity contribution in [2.75, 3.05) is 31.1 Å². The second-order valence-corrected chi connectivity index (χ2v) is 5.93. The molecule has 2 fully saturated rings. The molecule has 1 saturated carbocycles. The summed E-state index contributed by atoms with van der Waals surface area (Å²) >= 11 is 0. The van der Waals surface area contributed by atoms with E-state index in [0.29, 0.717) is 17.8 Å². The van der Waals surface area contributed by atoms with Crippen LogP contribution in [0.5, 0.6) is 0 Å². The van der Waals surface area contributed by atoms with Crippen LogP contribution < -0.4 is 15.8 Å². The molecule has 0 unspecified atom stereocenters. The van der Waals surface area contributed by atoms with Crippen LogP contribution in [0, 0.1) is 5.92 Å². The van der Waals surface area contributed by atoms with Crippen molar-refractivity contribution in [3.05, 3.63) is 22.7 Å². The van der Waals surface area contributed by atoms with E-state index in [0.717, 1.165) is 39.0 Å². The smallest absolute Gasteiger partial charge is 0.293 e. The molecule has 0 amide bonds. The predicted octanol–water partition coefficient (Wildman–Crippen LogP) is 1.40. The fourth-order valence-corrected chi connectivity index (χ4v) is 3.01. The number of rotatable bonds is 5. The number of hydrogen-bond acceptors (Lipinski definition) is 4. The standard InChI is InChI=1S/C15H24N4O/c1-2-18(11-12-5-7-16-8-6-12)14-15(20)19(10-9-17-14)13-3-4-13/h9-10,12-13,16H,2-8,11H2,1H3. The van der Waals surface area contributed by atoms with Gasteiger partial charge in [0.25, 0.3) is 5.56 Å². The van der Waals surface area contributed by atoms with Gasteiger partial charge in [-0.15, -0.1) is 0 Å². The number of nitrogens with one attached hydrogen (secondary N) is 1. The molecule has 0 radical (unpaired) electrons. The molecule has 110 valence electrons. The molecule has 1 N–H and O–H groups in total. The first kappa shape index (κ1) is 13.6. The van der Waals surface area contributed by atoms with Gasteiger partial charge >= 0.3 is 0 Å². The van der Waals surface area contributed by atoms with Crippen molar-refractivity contribution in [3.8, 4) is 0 Å².